The first-order chi connectivity index (χ1) is 8.77. The fourth-order valence-electron chi connectivity index (χ4n) is 1.50. The molecule has 7 heteroatoms. The minimum Gasteiger partial charge on any atom is -0.383 e. The van der Waals surface area contributed by atoms with Gasteiger partial charge in [0.15, 0.2) is 0 Å². The molecule has 0 aliphatic rings. The Balaban J connectivity index is 2.79. The van der Waals surface area contributed by atoms with Crippen LogP contribution in [0.5, 0.6) is 0 Å². The lowest BCUT2D eigenvalue weighted by Crippen LogP contribution is -2.39. The molecule has 19 heavy (non-hydrogen) atoms. The van der Waals surface area contributed by atoms with Gasteiger partial charge >= 0.3 is 0 Å². The number of benzene rings is 1. The highest BCUT2D eigenvalue weighted by Gasteiger charge is 2.26. The Labute approximate surface area is 125 Å². The molecule has 6 nitrogen and oxygen atoms in total. The number of non-ortho nitro benzene ring substituents is 1. The Bertz CT molecular complexity index is 503. The highest BCUT2D eigenvalue weighted by atomic mass is 127. The van der Waals surface area contributed by atoms with Crippen LogP contribution in [0.1, 0.15) is 13.8 Å². The first-order valence-electron chi connectivity index (χ1n) is 5.68. The number of anilines is 1. The third-order valence-corrected chi connectivity index (χ3v) is 3.62. The van der Waals surface area contributed by atoms with Gasteiger partial charge in [-0.3, -0.25) is 14.9 Å². The van der Waals surface area contributed by atoms with E-state index in [1.165, 1.54) is 12.1 Å². The largest absolute Gasteiger partial charge is 0.383 e. The normalized spacial score (nSPS) is 10.9. The van der Waals surface area contributed by atoms with Crippen LogP contribution >= 0.6 is 22.6 Å². The minimum absolute atomic E-state index is 0.0560. The summed E-state index contributed by atoms with van der Waals surface area (Å²) in [4.78, 5) is 21.8. The van der Waals surface area contributed by atoms with Crippen LogP contribution < -0.4 is 10.6 Å². The highest BCUT2D eigenvalue weighted by molar-refractivity contribution is 14.1. The molecule has 0 aliphatic carbocycles. The fraction of sp³-hybridized carbons (Fsp3) is 0.417. The van der Waals surface area contributed by atoms with Gasteiger partial charge in [0.1, 0.15) is 0 Å². The SMILES string of the molecule is CNC(=O)C(C)(C)CNc1ccc([N+](=O)[O-])cc1I. The fourth-order valence-corrected chi connectivity index (χ4v) is 2.19. The number of halogens is 1. The van der Waals surface area contributed by atoms with Crippen molar-refractivity contribution in [1.29, 1.82) is 0 Å². The number of hydrogen-bond acceptors (Lipinski definition) is 4. The number of carbonyl (C=O) groups is 1. The van der Waals surface area contributed by atoms with E-state index >= 15 is 0 Å². The molecule has 1 rings (SSSR count). The van der Waals surface area contributed by atoms with Crippen molar-refractivity contribution in [1.82, 2.24) is 5.32 Å². The van der Waals surface area contributed by atoms with Gasteiger partial charge in [0.2, 0.25) is 5.91 Å². The lowest BCUT2D eigenvalue weighted by molar-refractivity contribution is -0.384. The van der Waals surface area contributed by atoms with Gasteiger partial charge in [0.05, 0.1) is 10.3 Å². The van der Waals surface area contributed by atoms with E-state index in [9.17, 15) is 14.9 Å². The highest BCUT2D eigenvalue weighted by Crippen LogP contribution is 2.25. The van der Waals surface area contributed by atoms with E-state index in [1.807, 2.05) is 36.4 Å². The van der Waals surface area contributed by atoms with Gasteiger partial charge in [-0.25, -0.2) is 0 Å². The van der Waals surface area contributed by atoms with Crippen molar-refractivity contribution < 1.29 is 9.72 Å². The molecule has 0 aliphatic heterocycles. The van der Waals surface area contributed by atoms with Gasteiger partial charge in [0, 0.05) is 35.0 Å². The van der Waals surface area contributed by atoms with Crippen LogP contribution in [0.15, 0.2) is 18.2 Å². The maximum Gasteiger partial charge on any atom is 0.270 e. The summed E-state index contributed by atoms with van der Waals surface area (Å²) in [5.74, 6) is -0.0584. The van der Waals surface area contributed by atoms with E-state index in [0.29, 0.717) is 6.54 Å². The summed E-state index contributed by atoms with van der Waals surface area (Å²) < 4.78 is 0.750. The van der Waals surface area contributed by atoms with E-state index in [-0.39, 0.29) is 11.6 Å². The smallest absolute Gasteiger partial charge is 0.270 e. The molecular formula is C12H16IN3O3. The van der Waals surface area contributed by atoms with Crippen LogP contribution in [0, 0.1) is 19.1 Å². The average Bonchev–Trinajstić information content (AvgIpc) is 2.36. The van der Waals surface area contributed by atoms with E-state index in [0.717, 1.165) is 9.26 Å². The first-order valence-corrected chi connectivity index (χ1v) is 6.76. The summed E-state index contributed by atoms with van der Waals surface area (Å²) in [6.45, 7) is 4.11. The molecule has 0 radical (unpaired) electrons. The van der Waals surface area contributed by atoms with E-state index in [2.05, 4.69) is 10.6 Å². The zero-order valence-corrected chi connectivity index (χ0v) is 13.1. The monoisotopic (exact) mass is 377 g/mol. The molecule has 1 aromatic rings. The van der Waals surface area contributed by atoms with Crippen LogP contribution in [0.4, 0.5) is 11.4 Å². The van der Waals surface area contributed by atoms with Crippen LogP contribution in [-0.2, 0) is 4.79 Å². The number of rotatable bonds is 5. The standard InChI is InChI=1S/C12H16IN3O3/c1-12(2,11(17)14-3)7-15-10-5-4-8(16(18)19)6-9(10)13/h4-6,15H,7H2,1-3H3,(H,14,17). The Morgan fingerprint density at radius 3 is 2.58 bits per heavy atom. The van der Waals surface area contributed by atoms with Gasteiger partial charge in [0.25, 0.3) is 5.69 Å². The maximum atomic E-state index is 11.6. The maximum absolute atomic E-state index is 11.6. The molecular weight excluding hydrogens is 361 g/mol. The van der Waals surface area contributed by atoms with Crippen LogP contribution in [-0.4, -0.2) is 24.4 Å². The molecule has 0 bridgehead atoms. The first kappa shape index (κ1) is 15.7. The van der Waals surface area contributed by atoms with E-state index in [4.69, 9.17) is 0 Å². The summed E-state index contributed by atoms with van der Waals surface area (Å²) in [5, 5.41) is 16.4. The van der Waals surface area contributed by atoms with Crippen molar-refractivity contribution in [3.05, 3.63) is 31.9 Å². The molecule has 2 N–H and O–H groups in total. The van der Waals surface area contributed by atoms with Crippen LogP contribution in [0.3, 0.4) is 0 Å². The summed E-state index contributed by atoms with van der Waals surface area (Å²) in [5.41, 5.74) is 0.281. The zero-order valence-electron chi connectivity index (χ0n) is 11.0. The number of amides is 1. The predicted molar refractivity (Wildman–Crippen MR) is 82.2 cm³/mol. The van der Waals surface area contributed by atoms with E-state index in [1.54, 1.807) is 13.1 Å². The van der Waals surface area contributed by atoms with Crippen LogP contribution in [0.2, 0.25) is 0 Å². The van der Waals surface area contributed by atoms with Gasteiger partial charge in [-0.2, -0.15) is 0 Å². The van der Waals surface area contributed by atoms with Crippen LogP contribution in [0.25, 0.3) is 0 Å². The second kappa shape index (κ2) is 6.18. The number of nitrogens with one attached hydrogen (secondary N) is 2. The van der Waals surface area contributed by atoms with Gasteiger partial charge in [-0.15, -0.1) is 0 Å². The number of hydrogen-bond donors (Lipinski definition) is 2. The summed E-state index contributed by atoms with van der Waals surface area (Å²) >= 11 is 2.03. The molecule has 0 spiro atoms. The lowest BCUT2D eigenvalue weighted by Gasteiger charge is -2.23. The third-order valence-electron chi connectivity index (χ3n) is 2.73. The topological polar surface area (TPSA) is 84.3 Å². The van der Waals surface area contributed by atoms with Gasteiger partial charge in [-0.1, -0.05) is 0 Å². The second-order valence-electron chi connectivity index (χ2n) is 4.74. The number of nitrogens with zero attached hydrogens (tertiary/aromatic N) is 1. The Morgan fingerprint density at radius 1 is 1.47 bits per heavy atom. The Morgan fingerprint density at radius 2 is 2.11 bits per heavy atom. The molecule has 0 saturated heterocycles. The van der Waals surface area contributed by atoms with Crippen molar-refractivity contribution in [2.75, 3.05) is 18.9 Å². The van der Waals surface area contributed by atoms with E-state index < -0.39 is 10.3 Å². The number of carbonyl (C=O) groups excluding carboxylic acids is 1. The number of nitro groups is 1. The van der Waals surface area contributed by atoms with Crippen molar-refractivity contribution >= 4 is 39.9 Å². The zero-order chi connectivity index (χ0) is 14.6. The molecule has 0 saturated carbocycles. The minimum atomic E-state index is -0.556. The molecule has 0 fully saturated rings. The molecule has 1 amide bonds. The molecule has 104 valence electrons. The average molecular weight is 377 g/mol. The molecule has 0 unspecified atom stereocenters. The summed E-state index contributed by atoms with van der Waals surface area (Å²) in [6.07, 6.45) is 0. The molecule has 0 heterocycles. The van der Waals surface area contributed by atoms with Crippen molar-refractivity contribution in [2.45, 2.75) is 13.8 Å². The summed E-state index contributed by atoms with van der Waals surface area (Å²) in [6, 6.07) is 4.59. The molecule has 0 atom stereocenters. The molecule has 0 aromatic heterocycles. The quantitative estimate of drug-likeness (QED) is 0.469. The predicted octanol–water partition coefficient (Wildman–Crippen LogP) is 2.38. The van der Waals surface area contributed by atoms with Gasteiger partial charge < -0.3 is 10.6 Å². The Hall–Kier alpha value is -1.38. The van der Waals surface area contributed by atoms with Crippen molar-refractivity contribution in [3.8, 4) is 0 Å². The van der Waals surface area contributed by atoms with Crippen molar-refractivity contribution in [3.63, 3.8) is 0 Å². The second-order valence-corrected chi connectivity index (χ2v) is 5.90. The molecule has 1 aromatic carbocycles. The Kier molecular flexibility index (Phi) is 5.10. The lowest BCUT2D eigenvalue weighted by atomic mass is 9.92. The number of nitro benzene ring substituents is 1. The van der Waals surface area contributed by atoms with Gasteiger partial charge in [-0.05, 0) is 42.5 Å². The summed E-state index contributed by atoms with van der Waals surface area (Å²) in [7, 11) is 1.60. The van der Waals surface area contributed by atoms with Crippen molar-refractivity contribution in [2.24, 2.45) is 5.41 Å². The third kappa shape index (κ3) is 4.05.